The van der Waals surface area contributed by atoms with Crippen LogP contribution in [0.25, 0.3) is 0 Å². The molecule has 2 atom stereocenters. The largest absolute Gasteiger partial charge is 0.391 e. The minimum Gasteiger partial charge on any atom is -0.391 e. The Kier molecular flexibility index (Phi) is 3.72. The Hall–Kier alpha value is -1.64. The summed E-state index contributed by atoms with van der Waals surface area (Å²) in [5, 5.41) is 10.7. The van der Waals surface area contributed by atoms with Gasteiger partial charge >= 0.3 is 0 Å². The molecule has 1 fully saturated rings. The Morgan fingerprint density at radius 2 is 1.44 bits per heavy atom. The molecule has 130 valence electrons. The van der Waals surface area contributed by atoms with Gasteiger partial charge < -0.3 is 5.11 Å². The van der Waals surface area contributed by atoms with E-state index in [2.05, 4.69) is 53.4 Å². The molecule has 1 saturated heterocycles. The summed E-state index contributed by atoms with van der Waals surface area (Å²) < 4.78 is 0. The van der Waals surface area contributed by atoms with Gasteiger partial charge in [-0.3, -0.25) is 4.90 Å². The minimum atomic E-state index is -0.222. The summed E-state index contributed by atoms with van der Waals surface area (Å²) in [6, 6.07) is 18.0. The zero-order valence-corrected chi connectivity index (χ0v) is 14.8. The summed E-state index contributed by atoms with van der Waals surface area (Å²) in [4.78, 5) is 2.58. The number of piperidine rings is 1. The third kappa shape index (κ3) is 2.54. The SMILES string of the molecule is OC1Cc2ccccc2CC1N1CCC2(CCc3ccccc32)CC1. The van der Waals surface area contributed by atoms with Gasteiger partial charge in [-0.05, 0) is 72.9 Å². The molecule has 2 nitrogen and oxygen atoms in total. The van der Waals surface area contributed by atoms with Gasteiger partial charge in [-0.25, -0.2) is 0 Å². The summed E-state index contributed by atoms with van der Waals surface area (Å²) in [5.41, 5.74) is 6.37. The minimum absolute atomic E-state index is 0.222. The van der Waals surface area contributed by atoms with E-state index >= 15 is 0 Å². The van der Waals surface area contributed by atoms with Crippen LogP contribution in [0.3, 0.4) is 0 Å². The Morgan fingerprint density at radius 1 is 0.800 bits per heavy atom. The lowest BCUT2D eigenvalue weighted by atomic mass is 9.73. The van der Waals surface area contributed by atoms with Crippen molar-refractivity contribution in [3.05, 3.63) is 70.8 Å². The van der Waals surface area contributed by atoms with Crippen LogP contribution in [0.5, 0.6) is 0 Å². The molecular weight excluding hydrogens is 306 g/mol. The first-order chi connectivity index (χ1) is 12.3. The maximum atomic E-state index is 10.7. The first kappa shape index (κ1) is 15.6. The third-order valence-electron chi connectivity index (χ3n) is 7.11. The number of aliphatic hydroxyl groups is 1. The second-order valence-electron chi connectivity index (χ2n) is 8.29. The van der Waals surface area contributed by atoms with Gasteiger partial charge in [0.15, 0.2) is 0 Å². The normalized spacial score (nSPS) is 27.9. The van der Waals surface area contributed by atoms with Crippen LogP contribution in [-0.4, -0.2) is 35.2 Å². The number of aryl methyl sites for hydroxylation is 1. The van der Waals surface area contributed by atoms with Gasteiger partial charge in [0.25, 0.3) is 0 Å². The lowest BCUT2D eigenvalue weighted by molar-refractivity contribution is 0.0185. The maximum Gasteiger partial charge on any atom is 0.0738 e. The fourth-order valence-electron chi connectivity index (χ4n) is 5.62. The molecule has 0 amide bonds. The van der Waals surface area contributed by atoms with Crippen molar-refractivity contribution in [2.75, 3.05) is 13.1 Å². The average Bonchev–Trinajstić information content (AvgIpc) is 3.01. The van der Waals surface area contributed by atoms with Crippen LogP contribution < -0.4 is 0 Å². The van der Waals surface area contributed by atoms with E-state index in [0.717, 1.165) is 25.9 Å². The van der Waals surface area contributed by atoms with E-state index in [1.165, 1.54) is 36.8 Å². The highest BCUT2D eigenvalue weighted by Crippen LogP contribution is 2.46. The van der Waals surface area contributed by atoms with Crippen molar-refractivity contribution in [1.82, 2.24) is 4.90 Å². The highest BCUT2D eigenvalue weighted by molar-refractivity contribution is 5.40. The van der Waals surface area contributed by atoms with E-state index in [1.807, 2.05) is 0 Å². The third-order valence-corrected chi connectivity index (χ3v) is 7.11. The Labute approximate surface area is 150 Å². The van der Waals surface area contributed by atoms with Crippen LogP contribution in [0.15, 0.2) is 48.5 Å². The topological polar surface area (TPSA) is 23.5 Å². The van der Waals surface area contributed by atoms with Crippen molar-refractivity contribution in [2.45, 2.75) is 56.1 Å². The Balaban J connectivity index is 1.33. The predicted molar refractivity (Wildman–Crippen MR) is 101 cm³/mol. The van der Waals surface area contributed by atoms with E-state index in [-0.39, 0.29) is 6.10 Å². The molecule has 2 aromatic rings. The highest BCUT2D eigenvalue weighted by atomic mass is 16.3. The van der Waals surface area contributed by atoms with E-state index in [4.69, 9.17) is 0 Å². The maximum absolute atomic E-state index is 10.7. The Morgan fingerprint density at radius 3 is 2.20 bits per heavy atom. The molecular formula is C23H27NO. The summed E-state index contributed by atoms with van der Waals surface area (Å²) in [5.74, 6) is 0. The molecule has 0 aromatic heterocycles. The fourth-order valence-corrected chi connectivity index (χ4v) is 5.62. The number of hydrogen-bond acceptors (Lipinski definition) is 2. The van der Waals surface area contributed by atoms with Crippen molar-refractivity contribution >= 4 is 0 Å². The number of fused-ring (bicyclic) bond motifs is 3. The molecule has 1 aliphatic heterocycles. The first-order valence-electron chi connectivity index (χ1n) is 9.82. The van der Waals surface area contributed by atoms with E-state index in [9.17, 15) is 5.11 Å². The molecule has 2 heteroatoms. The molecule has 2 aliphatic carbocycles. The van der Waals surface area contributed by atoms with Gasteiger partial charge in [0.2, 0.25) is 0 Å². The van der Waals surface area contributed by atoms with Gasteiger partial charge in [0.1, 0.15) is 0 Å². The number of aliphatic hydroxyl groups excluding tert-OH is 1. The van der Waals surface area contributed by atoms with Crippen LogP contribution in [0.1, 0.15) is 41.5 Å². The van der Waals surface area contributed by atoms with Crippen LogP contribution in [0.2, 0.25) is 0 Å². The van der Waals surface area contributed by atoms with Crippen molar-refractivity contribution < 1.29 is 5.11 Å². The van der Waals surface area contributed by atoms with E-state index in [0.29, 0.717) is 11.5 Å². The van der Waals surface area contributed by atoms with E-state index in [1.54, 1.807) is 11.1 Å². The van der Waals surface area contributed by atoms with Gasteiger partial charge in [-0.15, -0.1) is 0 Å². The lowest BCUT2D eigenvalue weighted by Crippen LogP contribution is -2.53. The van der Waals surface area contributed by atoms with Crippen molar-refractivity contribution in [3.63, 3.8) is 0 Å². The smallest absolute Gasteiger partial charge is 0.0738 e. The van der Waals surface area contributed by atoms with E-state index < -0.39 is 0 Å². The van der Waals surface area contributed by atoms with Gasteiger partial charge in [0, 0.05) is 12.5 Å². The first-order valence-corrected chi connectivity index (χ1v) is 9.82. The van der Waals surface area contributed by atoms with Crippen molar-refractivity contribution in [1.29, 1.82) is 0 Å². The zero-order valence-electron chi connectivity index (χ0n) is 14.8. The number of likely N-dealkylation sites (tertiary alicyclic amines) is 1. The van der Waals surface area contributed by atoms with Crippen LogP contribution in [0, 0.1) is 0 Å². The van der Waals surface area contributed by atoms with Gasteiger partial charge in [-0.1, -0.05) is 48.5 Å². The molecule has 1 N–H and O–H groups in total. The summed E-state index contributed by atoms with van der Waals surface area (Å²) >= 11 is 0. The van der Waals surface area contributed by atoms with Crippen molar-refractivity contribution in [3.8, 4) is 0 Å². The number of benzene rings is 2. The zero-order chi connectivity index (χ0) is 16.9. The highest BCUT2D eigenvalue weighted by Gasteiger charge is 2.43. The molecule has 25 heavy (non-hydrogen) atoms. The monoisotopic (exact) mass is 333 g/mol. The molecule has 2 unspecified atom stereocenters. The summed E-state index contributed by atoms with van der Waals surface area (Å²) in [7, 11) is 0. The van der Waals surface area contributed by atoms with Crippen LogP contribution in [-0.2, 0) is 24.7 Å². The van der Waals surface area contributed by atoms with Crippen LogP contribution in [0.4, 0.5) is 0 Å². The molecule has 0 bridgehead atoms. The second kappa shape index (κ2) is 5.96. The molecule has 2 aromatic carbocycles. The fraction of sp³-hybridized carbons (Fsp3) is 0.478. The Bertz CT molecular complexity index is 775. The molecule has 3 aliphatic rings. The van der Waals surface area contributed by atoms with Gasteiger partial charge in [0.05, 0.1) is 6.10 Å². The molecule has 0 radical (unpaired) electrons. The summed E-state index contributed by atoms with van der Waals surface area (Å²) in [6.07, 6.45) is 6.64. The molecule has 1 heterocycles. The number of hydrogen-bond donors (Lipinski definition) is 1. The molecule has 0 saturated carbocycles. The lowest BCUT2D eigenvalue weighted by Gasteiger charge is -2.46. The number of rotatable bonds is 1. The molecule has 1 spiro atoms. The van der Waals surface area contributed by atoms with Crippen molar-refractivity contribution in [2.24, 2.45) is 0 Å². The molecule has 5 rings (SSSR count). The van der Waals surface area contributed by atoms with Crippen LogP contribution >= 0.6 is 0 Å². The number of nitrogens with zero attached hydrogens (tertiary/aromatic N) is 1. The summed E-state index contributed by atoms with van der Waals surface area (Å²) in [6.45, 7) is 2.25. The average molecular weight is 333 g/mol. The second-order valence-corrected chi connectivity index (χ2v) is 8.29. The predicted octanol–water partition coefficient (Wildman–Crippen LogP) is 3.49. The quantitative estimate of drug-likeness (QED) is 0.863. The standard InChI is InChI=1S/C23H27NO/c25-22-16-19-7-2-1-6-18(19)15-21(22)24-13-11-23(12-14-24)10-9-17-5-3-4-8-20(17)23/h1-8,21-22,25H,9-16H2. The van der Waals surface area contributed by atoms with Gasteiger partial charge in [-0.2, -0.15) is 0 Å².